The molecule has 5 heteroatoms. The molecule has 0 unspecified atom stereocenters. The molecule has 1 aromatic carbocycles. The van der Waals surface area contributed by atoms with Crippen molar-refractivity contribution in [1.82, 2.24) is 0 Å². The van der Waals surface area contributed by atoms with Crippen LogP contribution in [-0.4, -0.2) is 12.1 Å². The van der Waals surface area contributed by atoms with Crippen LogP contribution in [0.15, 0.2) is 18.2 Å². The number of nitrogens with one attached hydrogen (secondary N) is 2. The van der Waals surface area contributed by atoms with Crippen molar-refractivity contribution in [1.29, 1.82) is 0 Å². The van der Waals surface area contributed by atoms with Crippen molar-refractivity contribution in [2.45, 2.75) is 43.8 Å². The van der Waals surface area contributed by atoms with E-state index in [0.717, 1.165) is 44.0 Å². The zero-order chi connectivity index (χ0) is 13.5. The molecule has 0 aromatic heterocycles. The first-order chi connectivity index (χ1) is 8.99. The maximum absolute atomic E-state index is 12.7. The molecule has 0 saturated heterocycles. The van der Waals surface area contributed by atoms with Crippen LogP contribution < -0.4 is 10.6 Å². The molecule has 2 nitrogen and oxygen atoms in total. The van der Waals surface area contributed by atoms with Gasteiger partial charge in [-0.25, -0.2) is 0 Å². The normalized spacial score (nSPS) is 21.4. The summed E-state index contributed by atoms with van der Waals surface area (Å²) in [5, 5.41) is 6.63. The van der Waals surface area contributed by atoms with Gasteiger partial charge in [0.1, 0.15) is 0 Å². The Bertz CT molecular complexity index is 476. The number of fused-ring (bicyclic) bond motifs is 1. The summed E-state index contributed by atoms with van der Waals surface area (Å²) in [6.45, 7) is 0.797. The Morgan fingerprint density at radius 1 is 1.00 bits per heavy atom. The standard InChI is InChI=1S/C14H17F3N2/c15-14(16,17)10-4-5-11-12(8-10)19-13(9-18-11)6-2-1-3-7-13/h4-5,8,18-19H,1-3,6-7,9H2. The second-order valence-corrected chi connectivity index (χ2v) is 5.58. The highest BCUT2D eigenvalue weighted by Gasteiger charge is 2.37. The first kappa shape index (κ1) is 12.6. The summed E-state index contributed by atoms with van der Waals surface area (Å²) in [5.74, 6) is 0. The predicted octanol–water partition coefficient (Wildman–Crippen LogP) is 4.25. The molecular weight excluding hydrogens is 253 g/mol. The van der Waals surface area contributed by atoms with Crippen LogP contribution in [-0.2, 0) is 6.18 Å². The number of hydrogen-bond acceptors (Lipinski definition) is 2. The average Bonchev–Trinajstić information content (AvgIpc) is 2.38. The minimum absolute atomic E-state index is 0.0600. The van der Waals surface area contributed by atoms with Crippen molar-refractivity contribution < 1.29 is 13.2 Å². The molecule has 1 spiro atoms. The monoisotopic (exact) mass is 270 g/mol. The van der Waals surface area contributed by atoms with E-state index in [0.29, 0.717) is 5.69 Å². The minimum atomic E-state index is -4.28. The molecule has 3 rings (SSSR count). The number of benzene rings is 1. The van der Waals surface area contributed by atoms with Crippen molar-refractivity contribution >= 4 is 11.4 Å². The van der Waals surface area contributed by atoms with Crippen LogP contribution in [0.1, 0.15) is 37.7 Å². The van der Waals surface area contributed by atoms with E-state index in [2.05, 4.69) is 10.6 Å². The van der Waals surface area contributed by atoms with Gasteiger partial charge in [0.25, 0.3) is 0 Å². The summed E-state index contributed by atoms with van der Waals surface area (Å²) < 4.78 is 38.2. The molecule has 104 valence electrons. The second-order valence-electron chi connectivity index (χ2n) is 5.58. The lowest BCUT2D eigenvalue weighted by atomic mass is 9.80. The fourth-order valence-corrected chi connectivity index (χ4v) is 3.10. The third-order valence-corrected chi connectivity index (χ3v) is 4.17. The largest absolute Gasteiger partial charge is 0.416 e. The van der Waals surface area contributed by atoms with Gasteiger partial charge in [0.2, 0.25) is 0 Å². The molecule has 0 atom stereocenters. The summed E-state index contributed by atoms with van der Waals surface area (Å²) in [7, 11) is 0. The van der Waals surface area contributed by atoms with E-state index in [1.807, 2.05) is 0 Å². The summed E-state index contributed by atoms with van der Waals surface area (Å²) in [6.07, 6.45) is 1.27. The Kier molecular flexibility index (Phi) is 2.87. The van der Waals surface area contributed by atoms with Crippen LogP contribution >= 0.6 is 0 Å². The van der Waals surface area contributed by atoms with Crippen LogP contribution in [0.3, 0.4) is 0 Å². The third-order valence-electron chi connectivity index (χ3n) is 4.17. The molecule has 1 aliphatic heterocycles. The van der Waals surface area contributed by atoms with Crippen LogP contribution in [0.4, 0.5) is 24.5 Å². The SMILES string of the molecule is FC(F)(F)c1ccc2c(c1)NC1(CCCCC1)CN2. The molecule has 2 aliphatic rings. The molecule has 0 bridgehead atoms. The summed E-state index contributed by atoms with van der Waals surface area (Å²) >= 11 is 0. The minimum Gasteiger partial charge on any atom is -0.381 e. The van der Waals surface area contributed by atoms with Gasteiger partial charge in [0.15, 0.2) is 0 Å². The smallest absolute Gasteiger partial charge is 0.381 e. The molecule has 1 aliphatic carbocycles. The zero-order valence-corrected chi connectivity index (χ0v) is 10.6. The van der Waals surface area contributed by atoms with E-state index in [1.165, 1.54) is 18.6 Å². The molecule has 1 fully saturated rings. The van der Waals surface area contributed by atoms with Gasteiger partial charge in [0.05, 0.1) is 22.5 Å². The van der Waals surface area contributed by atoms with Crippen LogP contribution in [0, 0.1) is 0 Å². The molecule has 1 saturated carbocycles. The van der Waals surface area contributed by atoms with Gasteiger partial charge < -0.3 is 10.6 Å². The van der Waals surface area contributed by atoms with Gasteiger partial charge in [-0.1, -0.05) is 19.3 Å². The lowest BCUT2D eigenvalue weighted by Gasteiger charge is -2.43. The number of halogens is 3. The summed E-state index contributed by atoms with van der Waals surface area (Å²) in [5.41, 5.74) is 0.704. The Labute approximate surface area is 110 Å². The molecular formula is C14H17F3N2. The van der Waals surface area contributed by atoms with Crippen LogP contribution in [0.2, 0.25) is 0 Å². The lowest BCUT2D eigenvalue weighted by molar-refractivity contribution is -0.137. The predicted molar refractivity (Wildman–Crippen MR) is 69.4 cm³/mol. The maximum atomic E-state index is 12.7. The zero-order valence-electron chi connectivity index (χ0n) is 10.6. The first-order valence-corrected chi connectivity index (χ1v) is 6.72. The molecule has 1 aromatic rings. The third kappa shape index (κ3) is 2.38. The molecule has 0 radical (unpaired) electrons. The second kappa shape index (κ2) is 4.32. The van der Waals surface area contributed by atoms with Gasteiger partial charge in [-0.05, 0) is 31.0 Å². The Morgan fingerprint density at radius 3 is 2.42 bits per heavy atom. The summed E-state index contributed by atoms with van der Waals surface area (Å²) in [6, 6.07) is 3.87. The average molecular weight is 270 g/mol. The van der Waals surface area contributed by atoms with Crippen molar-refractivity contribution in [3.8, 4) is 0 Å². The van der Waals surface area contributed by atoms with Crippen molar-refractivity contribution in [2.24, 2.45) is 0 Å². The van der Waals surface area contributed by atoms with Gasteiger partial charge in [-0.15, -0.1) is 0 Å². The number of anilines is 2. The van der Waals surface area contributed by atoms with Crippen molar-refractivity contribution in [2.75, 3.05) is 17.2 Å². The van der Waals surface area contributed by atoms with Crippen molar-refractivity contribution in [3.63, 3.8) is 0 Å². The van der Waals surface area contributed by atoms with E-state index in [-0.39, 0.29) is 5.54 Å². The highest BCUT2D eigenvalue weighted by Crippen LogP contribution is 2.40. The number of alkyl halides is 3. The van der Waals surface area contributed by atoms with Gasteiger partial charge in [-0.2, -0.15) is 13.2 Å². The fourth-order valence-electron chi connectivity index (χ4n) is 3.10. The van der Waals surface area contributed by atoms with E-state index >= 15 is 0 Å². The topological polar surface area (TPSA) is 24.1 Å². The van der Waals surface area contributed by atoms with Gasteiger partial charge >= 0.3 is 6.18 Å². The van der Waals surface area contributed by atoms with Gasteiger partial charge in [-0.3, -0.25) is 0 Å². The Morgan fingerprint density at radius 2 is 1.74 bits per heavy atom. The van der Waals surface area contributed by atoms with E-state index < -0.39 is 11.7 Å². The molecule has 1 heterocycles. The Hall–Kier alpha value is -1.39. The van der Waals surface area contributed by atoms with E-state index in [4.69, 9.17) is 0 Å². The molecule has 2 N–H and O–H groups in total. The quantitative estimate of drug-likeness (QED) is 0.736. The van der Waals surface area contributed by atoms with Gasteiger partial charge in [0, 0.05) is 6.54 Å². The maximum Gasteiger partial charge on any atom is 0.416 e. The van der Waals surface area contributed by atoms with E-state index in [9.17, 15) is 13.2 Å². The van der Waals surface area contributed by atoms with Crippen molar-refractivity contribution in [3.05, 3.63) is 23.8 Å². The highest BCUT2D eigenvalue weighted by molar-refractivity contribution is 5.73. The van der Waals surface area contributed by atoms with Crippen LogP contribution in [0.25, 0.3) is 0 Å². The van der Waals surface area contributed by atoms with E-state index in [1.54, 1.807) is 0 Å². The fraction of sp³-hybridized carbons (Fsp3) is 0.571. The highest BCUT2D eigenvalue weighted by atomic mass is 19.4. The van der Waals surface area contributed by atoms with Crippen LogP contribution in [0.5, 0.6) is 0 Å². The molecule has 0 amide bonds. The lowest BCUT2D eigenvalue weighted by Crippen LogP contribution is -2.49. The summed E-state index contributed by atoms with van der Waals surface area (Å²) in [4.78, 5) is 0. The first-order valence-electron chi connectivity index (χ1n) is 6.72. The Balaban J connectivity index is 1.90. The number of hydrogen-bond donors (Lipinski definition) is 2. The number of rotatable bonds is 0. The molecule has 19 heavy (non-hydrogen) atoms.